The minimum Gasteiger partial charge on any atom is -0.334 e. The number of thioether (sulfide) groups is 1. The van der Waals surface area contributed by atoms with Crippen LogP contribution in [0.5, 0.6) is 0 Å². The van der Waals surface area contributed by atoms with E-state index >= 15 is 0 Å². The standard InChI is InChI=1S/C14H22N2OS/c1-4-13(11-18-3)15-14(17)16(2)10-12-8-6-5-7-9-12/h5-9,13H,4,10-11H2,1-3H3,(H,15,17). The van der Waals surface area contributed by atoms with Gasteiger partial charge in [-0.25, -0.2) is 4.79 Å². The van der Waals surface area contributed by atoms with E-state index in [1.165, 1.54) is 0 Å². The molecule has 0 radical (unpaired) electrons. The summed E-state index contributed by atoms with van der Waals surface area (Å²) in [5.41, 5.74) is 1.15. The lowest BCUT2D eigenvalue weighted by Gasteiger charge is -2.22. The van der Waals surface area contributed by atoms with E-state index < -0.39 is 0 Å². The van der Waals surface area contributed by atoms with Crippen molar-refractivity contribution in [2.45, 2.75) is 25.9 Å². The first-order chi connectivity index (χ1) is 8.67. The van der Waals surface area contributed by atoms with Crippen molar-refractivity contribution in [2.24, 2.45) is 0 Å². The van der Waals surface area contributed by atoms with Crippen LogP contribution in [-0.4, -0.2) is 36.0 Å². The van der Waals surface area contributed by atoms with Crippen LogP contribution in [0.15, 0.2) is 30.3 Å². The summed E-state index contributed by atoms with van der Waals surface area (Å²) in [6.07, 6.45) is 3.02. The molecule has 1 unspecified atom stereocenters. The molecule has 0 aliphatic rings. The molecule has 4 heteroatoms. The molecule has 0 fully saturated rings. The Kier molecular flexibility index (Phi) is 6.65. The van der Waals surface area contributed by atoms with Gasteiger partial charge in [0, 0.05) is 25.4 Å². The van der Waals surface area contributed by atoms with E-state index in [9.17, 15) is 4.79 Å². The summed E-state index contributed by atoms with van der Waals surface area (Å²) in [5.74, 6) is 0.960. The molecule has 0 saturated carbocycles. The van der Waals surface area contributed by atoms with Crippen molar-refractivity contribution in [3.05, 3.63) is 35.9 Å². The number of nitrogens with zero attached hydrogens (tertiary/aromatic N) is 1. The van der Waals surface area contributed by atoms with Gasteiger partial charge in [-0.2, -0.15) is 11.8 Å². The summed E-state index contributed by atoms with van der Waals surface area (Å²) < 4.78 is 0. The molecule has 1 N–H and O–H groups in total. The molecule has 1 aromatic carbocycles. The van der Waals surface area contributed by atoms with Crippen molar-refractivity contribution < 1.29 is 4.79 Å². The Morgan fingerprint density at radius 1 is 1.39 bits per heavy atom. The highest BCUT2D eigenvalue weighted by molar-refractivity contribution is 7.98. The average molecular weight is 266 g/mol. The largest absolute Gasteiger partial charge is 0.334 e. The van der Waals surface area contributed by atoms with E-state index in [4.69, 9.17) is 0 Å². The molecule has 1 rings (SSSR count). The zero-order valence-corrected chi connectivity index (χ0v) is 12.2. The van der Waals surface area contributed by atoms with Crippen molar-refractivity contribution in [1.29, 1.82) is 0 Å². The highest BCUT2D eigenvalue weighted by atomic mass is 32.2. The van der Waals surface area contributed by atoms with E-state index in [0.717, 1.165) is 17.7 Å². The van der Waals surface area contributed by atoms with Gasteiger partial charge < -0.3 is 10.2 Å². The van der Waals surface area contributed by atoms with Gasteiger partial charge in [0.1, 0.15) is 0 Å². The molecule has 0 aliphatic carbocycles. The Balaban J connectivity index is 2.46. The van der Waals surface area contributed by atoms with Gasteiger partial charge in [-0.1, -0.05) is 37.3 Å². The summed E-state index contributed by atoms with van der Waals surface area (Å²) in [7, 11) is 1.83. The van der Waals surface area contributed by atoms with Gasteiger partial charge in [-0.3, -0.25) is 0 Å². The highest BCUT2D eigenvalue weighted by Crippen LogP contribution is 2.05. The van der Waals surface area contributed by atoms with E-state index in [1.807, 2.05) is 37.4 Å². The monoisotopic (exact) mass is 266 g/mol. The van der Waals surface area contributed by atoms with Crippen molar-refractivity contribution in [1.82, 2.24) is 10.2 Å². The summed E-state index contributed by atoms with van der Waals surface area (Å²) in [4.78, 5) is 13.7. The predicted octanol–water partition coefficient (Wildman–Crippen LogP) is 2.97. The normalized spacial score (nSPS) is 11.9. The summed E-state index contributed by atoms with van der Waals surface area (Å²) in [6.45, 7) is 2.74. The molecule has 100 valence electrons. The molecular weight excluding hydrogens is 244 g/mol. The zero-order valence-electron chi connectivity index (χ0n) is 11.3. The van der Waals surface area contributed by atoms with Gasteiger partial charge in [0.15, 0.2) is 0 Å². The van der Waals surface area contributed by atoms with E-state index in [-0.39, 0.29) is 12.1 Å². The molecule has 0 spiro atoms. The minimum absolute atomic E-state index is 0.000229. The number of rotatable bonds is 6. The fourth-order valence-corrected chi connectivity index (χ4v) is 2.40. The molecular formula is C14H22N2OS. The third-order valence-corrected chi connectivity index (χ3v) is 3.53. The first-order valence-electron chi connectivity index (χ1n) is 6.21. The SMILES string of the molecule is CCC(CSC)NC(=O)N(C)Cc1ccccc1. The number of hydrogen-bond donors (Lipinski definition) is 1. The Labute approximate surface area is 114 Å². The Bertz CT molecular complexity index is 356. The smallest absolute Gasteiger partial charge is 0.317 e. The number of carbonyl (C=O) groups is 1. The molecule has 1 aromatic rings. The number of carbonyl (C=O) groups excluding carboxylic acids is 1. The van der Waals surface area contributed by atoms with Crippen LogP contribution in [0, 0.1) is 0 Å². The fourth-order valence-electron chi connectivity index (χ4n) is 1.68. The van der Waals surface area contributed by atoms with Crippen LogP contribution in [0.3, 0.4) is 0 Å². The highest BCUT2D eigenvalue weighted by Gasteiger charge is 2.13. The molecule has 1 atom stereocenters. The van der Waals surface area contributed by atoms with Crippen LogP contribution in [0.25, 0.3) is 0 Å². The van der Waals surface area contributed by atoms with E-state index in [2.05, 4.69) is 18.5 Å². The minimum atomic E-state index is -0.000229. The van der Waals surface area contributed by atoms with Gasteiger partial charge in [-0.15, -0.1) is 0 Å². The number of hydrogen-bond acceptors (Lipinski definition) is 2. The number of urea groups is 1. The van der Waals surface area contributed by atoms with E-state index in [0.29, 0.717) is 6.54 Å². The third-order valence-electron chi connectivity index (χ3n) is 2.80. The third kappa shape index (κ3) is 5.00. The van der Waals surface area contributed by atoms with Gasteiger partial charge in [0.25, 0.3) is 0 Å². The second-order valence-corrected chi connectivity index (χ2v) is 5.26. The number of amides is 2. The molecule has 0 heterocycles. The van der Waals surface area contributed by atoms with Crippen molar-refractivity contribution >= 4 is 17.8 Å². The lowest BCUT2D eigenvalue weighted by Crippen LogP contribution is -2.43. The molecule has 18 heavy (non-hydrogen) atoms. The molecule has 0 bridgehead atoms. The second-order valence-electron chi connectivity index (χ2n) is 4.35. The molecule has 2 amide bonds. The molecule has 3 nitrogen and oxygen atoms in total. The lowest BCUT2D eigenvalue weighted by atomic mass is 10.2. The van der Waals surface area contributed by atoms with Crippen molar-refractivity contribution in [3.63, 3.8) is 0 Å². The molecule has 0 aliphatic heterocycles. The Morgan fingerprint density at radius 3 is 2.61 bits per heavy atom. The van der Waals surface area contributed by atoms with Crippen LogP contribution in [0.1, 0.15) is 18.9 Å². The van der Waals surface area contributed by atoms with Crippen molar-refractivity contribution in [2.75, 3.05) is 19.1 Å². The second kappa shape index (κ2) is 8.03. The van der Waals surface area contributed by atoms with Crippen molar-refractivity contribution in [3.8, 4) is 0 Å². The van der Waals surface area contributed by atoms with Gasteiger partial charge in [0.05, 0.1) is 0 Å². The number of nitrogens with one attached hydrogen (secondary N) is 1. The maximum atomic E-state index is 12.0. The maximum Gasteiger partial charge on any atom is 0.317 e. The number of benzene rings is 1. The average Bonchev–Trinajstić information content (AvgIpc) is 2.39. The van der Waals surface area contributed by atoms with Crippen LogP contribution in [0.2, 0.25) is 0 Å². The van der Waals surface area contributed by atoms with Crippen LogP contribution in [-0.2, 0) is 6.54 Å². The van der Waals surface area contributed by atoms with Gasteiger partial charge >= 0.3 is 6.03 Å². The first-order valence-corrected chi connectivity index (χ1v) is 7.61. The predicted molar refractivity (Wildman–Crippen MR) is 78.9 cm³/mol. The quantitative estimate of drug-likeness (QED) is 0.858. The first kappa shape index (κ1) is 14.9. The Morgan fingerprint density at radius 2 is 2.06 bits per heavy atom. The molecule has 0 aromatic heterocycles. The molecule has 0 saturated heterocycles. The van der Waals surface area contributed by atoms with Crippen LogP contribution in [0.4, 0.5) is 4.79 Å². The maximum absolute atomic E-state index is 12.0. The van der Waals surface area contributed by atoms with E-state index in [1.54, 1.807) is 16.7 Å². The van der Waals surface area contributed by atoms with Gasteiger partial charge in [0.2, 0.25) is 0 Å². The zero-order chi connectivity index (χ0) is 13.4. The summed E-state index contributed by atoms with van der Waals surface area (Å²) in [5, 5.41) is 3.05. The van der Waals surface area contributed by atoms with Crippen LogP contribution < -0.4 is 5.32 Å². The summed E-state index contributed by atoms with van der Waals surface area (Å²) >= 11 is 1.76. The Hall–Kier alpha value is -1.16. The van der Waals surface area contributed by atoms with Gasteiger partial charge in [-0.05, 0) is 18.2 Å². The lowest BCUT2D eigenvalue weighted by molar-refractivity contribution is 0.203. The summed E-state index contributed by atoms with van der Waals surface area (Å²) in [6, 6.07) is 10.3. The fraction of sp³-hybridized carbons (Fsp3) is 0.500. The topological polar surface area (TPSA) is 32.3 Å². The van der Waals surface area contributed by atoms with Crippen LogP contribution >= 0.6 is 11.8 Å².